The first-order valence-electron chi connectivity index (χ1n) is 7.34. The number of halogens is 4. The summed E-state index contributed by atoms with van der Waals surface area (Å²) in [6, 6.07) is 11.0. The lowest BCUT2D eigenvalue weighted by Gasteiger charge is -2.19. The Morgan fingerprint density at radius 1 is 1.08 bits per heavy atom. The van der Waals surface area contributed by atoms with Crippen LogP contribution in [-0.4, -0.2) is 4.98 Å². The van der Waals surface area contributed by atoms with Gasteiger partial charge in [0.25, 0.3) is 6.43 Å². The fraction of sp³-hybridized carbons (Fsp3) is 0.167. The first-order valence-corrected chi connectivity index (χ1v) is 8.14. The summed E-state index contributed by atoms with van der Waals surface area (Å²) in [6.07, 6.45) is -1.19. The lowest BCUT2D eigenvalue weighted by atomic mass is 10.0. The van der Waals surface area contributed by atoms with Crippen LogP contribution in [-0.2, 0) is 0 Å². The lowest BCUT2D eigenvalue weighted by Crippen LogP contribution is -2.10. The molecule has 6 heteroatoms. The zero-order chi connectivity index (χ0) is 17.3. The van der Waals surface area contributed by atoms with Crippen LogP contribution in [0.1, 0.15) is 30.5 Å². The number of aromatic nitrogens is 1. The topological polar surface area (TPSA) is 24.9 Å². The van der Waals surface area contributed by atoms with E-state index in [4.69, 9.17) is 0 Å². The molecule has 1 aromatic heterocycles. The first-order chi connectivity index (χ1) is 11.5. The van der Waals surface area contributed by atoms with Crippen molar-refractivity contribution in [2.24, 2.45) is 0 Å². The summed E-state index contributed by atoms with van der Waals surface area (Å²) in [5.41, 5.74) is 1.17. The Morgan fingerprint density at radius 3 is 2.58 bits per heavy atom. The third kappa shape index (κ3) is 3.24. The molecule has 0 aliphatic heterocycles. The normalized spacial score (nSPS) is 12.6. The summed E-state index contributed by atoms with van der Waals surface area (Å²) in [5.74, 6) is -0.868. The Kier molecular flexibility index (Phi) is 4.76. The fourth-order valence-corrected chi connectivity index (χ4v) is 2.99. The molecule has 24 heavy (non-hydrogen) atoms. The molecule has 2 nitrogen and oxygen atoms in total. The fourth-order valence-electron chi connectivity index (χ4n) is 2.63. The zero-order valence-electron chi connectivity index (χ0n) is 12.7. The number of pyridine rings is 1. The van der Waals surface area contributed by atoms with E-state index in [1.807, 2.05) is 18.2 Å². The molecule has 0 fully saturated rings. The monoisotopic (exact) mass is 394 g/mol. The van der Waals surface area contributed by atoms with E-state index >= 15 is 0 Å². The first kappa shape index (κ1) is 16.8. The van der Waals surface area contributed by atoms with Crippen LogP contribution >= 0.6 is 15.9 Å². The van der Waals surface area contributed by atoms with Crippen LogP contribution in [0.15, 0.2) is 53.1 Å². The molecule has 1 N–H and O–H groups in total. The number of hydrogen-bond acceptors (Lipinski definition) is 2. The molecule has 0 amide bonds. The maximum Gasteiger partial charge on any atom is 0.266 e. The number of nitrogens with one attached hydrogen (secondary N) is 1. The Balaban J connectivity index is 1.98. The SMILES string of the molecule is C[C@@H](Nc1ccnc2ccc(Br)cc12)c1cccc(C(F)F)c1F. The highest BCUT2D eigenvalue weighted by Gasteiger charge is 2.19. The van der Waals surface area contributed by atoms with Crippen molar-refractivity contribution in [1.29, 1.82) is 0 Å². The van der Waals surface area contributed by atoms with Crippen LogP contribution in [0.25, 0.3) is 10.9 Å². The second-order valence-electron chi connectivity index (χ2n) is 5.44. The third-order valence-electron chi connectivity index (χ3n) is 3.84. The molecule has 3 aromatic rings. The maximum atomic E-state index is 14.3. The van der Waals surface area contributed by atoms with Crippen molar-refractivity contribution in [2.75, 3.05) is 5.32 Å². The van der Waals surface area contributed by atoms with E-state index in [0.717, 1.165) is 27.1 Å². The minimum Gasteiger partial charge on any atom is -0.378 e. The molecule has 0 saturated carbocycles. The van der Waals surface area contributed by atoms with Gasteiger partial charge in [0, 0.05) is 27.3 Å². The van der Waals surface area contributed by atoms with Gasteiger partial charge in [0.1, 0.15) is 5.82 Å². The van der Waals surface area contributed by atoms with Crippen molar-refractivity contribution in [3.05, 3.63) is 70.1 Å². The number of fused-ring (bicyclic) bond motifs is 1. The van der Waals surface area contributed by atoms with Gasteiger partial charge in [-0.3, -0.25) is 4.98 Å². The van der Waals surface area contributed by atoms with E-state index in [1.54, 1.807) is 19.2 Å². The lowest BCUT2D eigenvalue weighted by molar-refractivity contribution is 0.146. The minimum absolute atomic E-state index is 0.202. The van der Waals surface area contributed by atoms with Gasteiger partial charge in [-0.15, -0.1) is 0 Å². The van der Waals surface area contributed by atoms with E-state index in [-0.39, 0.29) is 5.56 Å². The predicted octanol–water partition coefficient (Wildman–Crippen LogP) is 6.25. The van der Waals surface area contributed by atoms with Crippen molar-refractivity contribution in [2.45, 2.75) is 19.4 Å². The molecule has 0 radical (unpaired) electrons. The van der Waals surface area contributed by atoms with Crippen LogP contribution in [0.4, 0.5) is 18.9 Å². The van der Waals surface area contributed by atoms with E-state index in [0.29, 0.717) is 0 Å². The van der Waals surface area contributed by atoms with Crippen LogP contribution in [0.2, 0.25) is 0 Å². The van der Waals surface area contributed by atoms with Crippen molar-refractivity contribution in [1.82, 2.24) is 4.98 Å². The molecule has 0 aliphatic rings. The average Bonchev–Trinajstić information content (AvgIpc) is 2.55. The number of nitrogens with zero attached hydrogens (tertiary/aromatic N) is 1. The second kappa shape index (κ2) is 6.81. The number of anilines is 1. The van der Waals surface area contributed by atoms with E-state index in [2.05, 4.69) is 26.2 Å². The number of rotatable bonds is 4. The molecule has 1 atom stereocenters. The smallest absolute Gasteiger partial charge is 0.266 e. The van der Waals surface area contributed by atoms with Gasteiger partial charge in [-0.05, 0) is 31.2 Å². The van der Waals surface area contributed by atoms with Crippen LogP contribution < -0.4 is 5.32 Å². The van der Waals surface area contributed by atoms with Gasteiger partial charge in [-0.25, -0.2) is 13.2 Å². The van der Waals surface area contributed by atoms with Crippen LogP contribution in [0, 0.1) is 5.82 Å². The molecule has 1 heterocycles. The van der Waals surface area contributed by atoms with Gasteiger partial charge in [0.05, 0.1) is 17.1 Å². The maximum absolute atomic E-state index is 14.3. The number of benzene rings is 2. The summed E-state index contributed by atoms with van der Waals surface area (Å²) in [5, 5.41) is 4.05. The van der Waals surface area contributed by atoms with Crippen LogP contribution in [0.3, 0.4) is 0 Å². The summed E-state index contributed by atoms with van der Waals surface area (Å²) < 4.78 is 41.0. The molecular weight excluding hydrogens is 381 g/mol. The van der Waals surface area contributed by atoms with Crippen molar-refractivity contribution < 1.29 is 13.2 Å². The standard InChI is InChI=1S/C18H14BrF3N2/c1-10(12-3-2-4-13(17(12)20)18(21)22)24-16-7-8-23-15-6-5-11(19)9-14(15)16/h2-10,18H,1H3,(H,23,24)/t10-/m1/s1. The highest BCUT2D eigenvalue weighted by Crippen LogP contribution is 2.31. The highest BCUT2D eigenvalue weighted by atomic mass is 79.9. The molecule has 3 rings (SSSR count). The summed E-state index contributed by atoms with van der Waals surface area (Å²) in [4.78, 5) is 4.28. The van der Waals surface area contributed by atoms with Crippen molar-refractivity contribution in [3.63, 3.8) is 0 Å². The van der Waals surface area contributed by atoms with Gasteiger partial charge >= 0.3 is 0 Å². The molecule has 0 bridgehead atoms. The predicted molar refractivity (Wildman–Crippen MR) is 92.8 cm³/mol. The quantitative estimate of drug-likeness (QED) is 0.565. The van der Waals surface area contributed by atoms with Gasteiger partial charge in [0.15, 0.2) is 0 Å². The van der Waals surface area contributed by atoms with Gasteiger partial charge in [0.2, 0.25) is 0 Å². The molecule has 0 saturated heterocycles. The third-order valence-corrected chi connectivity index (χ3v) is 4.33. The molecule has 0 unspecified atom stereocenters. The average molecular weight is 395 g/mol. The minimum atomic E-state index is -2.84. The summed E-state index contributed by atoms with van der Waals surface area (Å²) in [6.45, 7) is 1.73. The van der Waals surface area contributed by atoms with Crippen LogP contribution in [0.5, 0.6) is 0 Å². The second-order valence-corrected chi connectivity index (χ2v) is 6.35. The highest BCUT2D eigenvalue weighted by molar-refractivity contribution is 9.10. The van der Waals surface area contributed by atoms with Crippen molar-refractivity contribution >= 4 is 32.5 Å². The Bertz CT molecular complexity index is 883. The molecule has 0 spiro atoms. The van der Waals surface area contributed by atoms with Crippen molar-refractivity contribution in [3.8, 4) is 0 Å². The molecule has 124 valence electrons. The largest absolute Gasteiger partial charge is 0.378 e. The van der Waals surface area contributed by atoms with Gasteiger partial charge < -0.3 is 5.32 Å². The number of alkyl halides is 2. The van der Waals surface area contributed by atoms with E-state index < -0.39 is 23.8 Å². The Hall–Kier alpha value is -2.08. The molecular formula is C18H14BrF3N2. The Morgan fingerprint density at radius 2 is 1.83 bits per heavy atom. The van der Waals surface area contributed by atoms with E-state index in [9.17, 15) is 13.2 Å². The summed E-state index contributed by atoms with van der Waals surface area (Å²) >= 11 is 3.42. The Labute approximate surface area is 145 Å². The van der Waals surface area contributed by atoms with E-state index in [1.165, 1.54) is 12.1 Å². The number of hydrogen-bond donors (Lipinski definition) is 1. The summed E-state index contributed by atoms with van der Waals surface area (Å²) in [7, 11) is 0. The molecule has 2 aromatic carbocycles. The van der Waals surface area contributed by atoms with Gasteiger partial charge in [-0.2, -0.15) is 0 Å². The molecule has 0 aliphatic carbocycles. The van der Waals surface area contributed by atoms with Gasteiger partial charge in [-0.1, -0.05) is 34.1 Å². The zero-order valence-corrected chi connectivity index (χ0v) is 14.3.